The van der Waals surface area contributed by atoms with Crippen LogP contribution in [0.2, 0.25) is 0 Å². The standard InChI is InChI=1S/C13H18N2O2/c1-13(2,11-5-3-9(7-14)16-11)12-6-4-10(8-15)17-12/h3-6H,7-8,14-15H2,1-2H3. The Morgan fingerprint density at radius 1 is 0.882 bits per heavy atom. The minimum absolute atomic E-state index is 0.319. The zero-order valence-corrected chi connectivity index (χ0v) is 10.2. The molecule has 0 radical (unpaired) electrons. The molecule has 92 valence electrons. The van der Waals surface area contributed by atoms with Crippen LogP contribution in [0.5, 0.6) is 0 Å². The highest BCUT2D eigenvalue weighted by Gasteiger charge is 2.30. The van der Waals surface area contributed by atoms with E-state index in [4.69, 9.17) is 20.3 Å². The Labute approximate surface area is 101 Å². The summed E-state index contributed by atoms with van der Waals surface area (Å²) in [4.78, 5) is 0. The molecule has 0 aliphatic carbocycles. The Balaban J connectivity index is 2.34. The normalized spacial score (nSPS) is 12.0. The van der Waals surface area contributed by atoms with E-state index in [0.29, 0.717) is 13.1 Å². The second-order valence-electron chi connectivity index (χ2n) is 4.57. The Morgan fingerprint density at radius 2 is 1.29 bits per heavy atom. The first-order valence-corrected chi connectivity index (χ1v) is 5.66. The van der Waals surface area contributed by atoms with Crippen molar-refractivity contribution >= 4 is 0 Å². The third-order valence-corrected chi connectivity index (χ3v) is 2.96. The highest BCUT2D eigenvalue weighted by molar-refractivity contribution is 5.27. The van der Waals surface area contributed by atoms with Crippen molar-refractivity contribution in [2.75, 3.05) is 0 Å². The highest BCUT2D eigenvalue weighted by atomic mass is 16.4. The summed E-state index contributed by atoms with van der Waals surface area (Å²) >= 11 is 0. The predicted octanol–water partition coefficient (Wildman–Crippen LogP) is 2.12. The molecule has 2 heterocycles. The molecule has 4 N–H and O–H groups in total. The van der Waals surface area contributed by atoms with E-state index in [0.717, 1.165) is 23.0 Å². The van der Waals surface area contributed by atoms with Crippen molar-refractivity contribution < 1.29 is 8.83 Å². The van der Waals surface area contributed by atoms with Gasteiger partial charge in [-0.2, -0.15) is 0 Å². The first-order chi connectivity index (χ1) is 8.07. The lowest BCUT2D eigenvalue weighted by molar-refractivity contribution is 0.343. The van der Waals surface area contributed by atoms with Crippen molar-refractivity contribution in [1.82, 2.24) is 0 Å². The van der Waals surface area contributed by atoms with E-state index >= 15 is 0 Å². The fourth-order valence-electron chi connectivity index (χ4n) is 1.77. The summed E-state index contributed by atoms with van der Waals surface area (Å²) in [5, 5.41) is 0. The third-order valence-electron chi connectivity index (χ3n) is 2.96. The average Bonchev–Trinajstić information content (AvgIpc) is 2.98. The molecule has 0 amide bonds. The van der Waals surface area contributed by atoms with Gasteiger partial charge < -0.3 is 20.3 Å². The summed E-state index contributed by atoms with van der Waals surface area (Å²) in [5.41, 5.74) is 10.8. The van der Waals surface area contributed by atoms with Crippen LogP contribution in [0.1, 0.15) is 36.9 Å². The number of hydrogen-bond acceptors (Lipinski definition) is 4. The van der Waals surface area contributed by atoms with Gasteiger partial charge in [-0.15, -0.1) is 0 Å². The van der Waals surface area contributed by atoms with Gasteiger partial charge in [-0.1, -0.05) is 0 Å². The maximum absolute atomic E-state index is 5.68. The second-order valence-corrected chi connectivity index (χ2v) is 4.57. The van der Waals surface area contributed by atoms with Gasteiger partial charge in [-0.05, 0) is 38.1 Å². The predicted molar refractivity (Wildman–Crippen MR) is 65.3 cm³/mol. The van der Waals surface area contributed by atoms with Crippen molar-refractivity contribution in [3.8, 4) is 0 Å². The van der Waals surface area contributed by atoms with Crippen LogP contribution in [0.4, 0.5) is 0 Å². The molecule has 0 aliphatic rings. The monoisotopic (exact) mass is 234 g/mol. The van der Waals surface area contributed by atoms with E-state index in [9.17, 15) is 0 Å². The molecule has 4 nitrogen and oxygen atoms in total. The first-order valence-electron chi connectivity index (χ1n) is 5.66. The number of furan rings is 2. The van der Waals surface area contributed by atoms with Gasteiger partial charge in [0, 0.05) is 0 Å². The van der Waals surface area contributed by atoms with Crippen LogP contribution in [-0.4, -0.2) is 0 Å². The lowest BCUT2D eigenvalue weighted by Gasteiger charge is -2.19. The molecule has 0 atom stereocenters. The van der Waals surface area contributed by atoms with Crippen LogP contribution in [0.25, 0.3) is 0 Å². The van der Waals surface area contributed by atoms with Gasteiger partial charge in [-0.25, -0.2) is 0 Å². The van der Waals surface area contributed by atoms with Crippen LogP contribution < -0.4 is 11.5 Å². The SMILES string of the molecule is CC(C)(c1ccc(CN)o1)c1ccc(CN)o1. The smallest absolute Gasteiger partial charge is 0.117 e. The molecular weight excluding hydrogens is 216 g/mol. The molecule has 2 aromatic heterocycles. The van der Waals surface area contributed by atoms with Crippen molar-refractivity contribution in [2.24, 2.45) is 11.5 Å². The molecular formula is C13H18N2O2. The largest absolute Gasteiger partial charge is 0.464 e. The molecule has 2 aromatic rings. The summed E-state index contributed by atoms with van der Waals surface area (Å²) in [6.07, 6.45) is 0. The fraction of sp³-hybridized carbons (Fsp3) is 0.385. The molecule has 0 fully saturated rings. The van der Waals surface area contributed by atoms with Gasteiger partial charge in [0.15, 0.2) is 0 Å². The van der Waals surface area contributed by atoms with Gasteiger partial charge in [0.25, 0.3) is 0 Å². The maximum Gasteiger partial charge on any atom is 0.117 e. The number of rotatable bonds is 4. The Morgan fingerprint density at radius 3 is 1.59 bits per heavy atom. The lowest BCUT2D eigenvalue weighted by Crippen LogP contribution is -2.17. The second kappa shape index (κ2) is 4.39. The van der Waals surface area contributed by atoms with Gasteiger partial charge in [-0.3, -0.25) is 0 Å². The molecule has 0 spiro atoms. The number of nitrogens with two attached hydrogens (primary N) is 2. The topological polar surface area (TPSA) is 78.3 Å². The van der Waals surface area contributed by atoms with Crippen molar-refractivity contribution in [1.29, 1.82) is 0 Å². The fourth-order valence-corrected chi connectivity index (χ4v) is 1.77. The first kappa shape index (κ1) is 12.0. The van der Waals surface area contributed by atoms with Crippen molar-refractivity contribution in [2.45, 2.75) is 32.4 Å². The van der Waals surface area contributed by atoms with Crippen molar-refractivity contribution in [3.05, 3.63) is 47.3 Å². The van der Waals surface area contributed by atoms with Gasteiger partial charge in [0.1, 0.15) is 23.0 Å². The molecule has 2 rings (SSSR count). The zero-order valence-electron chi connectivity index (χ0n) is 10.2. The molecule has 0 saturated heterocycles. The van der Waals surface area contributed by atoms with Crippen LogP contribution >= 0.6 is 0 Å². The van der Waals surface area contributed by atoms with Gasteiger partial charge in [0.05, 0.1) is 18.5 Å². The summed E-state index contributed by atoms with van der Waals surface area (Å²) in [7, 11) is 0. The molecule has 0 unspecified atom stereocenters. The lowest BCUT2D eigenvalue weighted by atomic mass is 9.87. The number of hydrogen-bond donors (Lipinski definition) is 2. The van der Waals surface area contributed by atoms with E-state index in [-0.39, 0.29) is 5.41 Å². The van der Waals surface area contributed by atoms with Crippen LogP contribution in [0.3, 0.4) is 0 Å². The van der Waals surface area contributed by atoms with E-state index in [1.807, 2.05) is 38.1 Å². The zero-order chi connectivity index (χ0) is 12.5. The van der Waals surface area contributed by atoms with E-state index < -0.39 is 0 Å². The van der Waals surface area contributed by atoms with E-state index in [1.165, 1.54) is 0 Å². The molecule has 0 bridgehead atoms. The molecule has 0 aliphatic heterocycles. The summed E-state index contributed by atoms with van der Waals surface area (Å²) in [5.74, 6) is 3.24. The van der Waals surface area contributed by atoms with E-state index in [2.05, 4.69) is 0 Å². The van der Waals surface area contributed by atoms with Crippen LogP contribution in [0, 0.1) is 0 Å². The average molecular weight is 234 g/mol. The maximum atomic E-state index is 5.68. The van der Waals surface area contributed by atoms with Gasteiger partial charge in [0.2, 0.25) is 0 Å². The van der Waals surface area contributed by atoms with Crippen LogP contribution in [-0.2, 0) is 18.5 Å². The molecule has 0 saturated carbocycles. The molecule has 17 heavy (non-hydrogen) atoms. The summed E-state index contributed by atoms with van der Waals surface area (Å²) in [6.45, 7) is 4.90. The molecule has 0 aromatic carbocycles. The molecule has 4 heteroatoms. The summed E-state index contributed by atoms with van der Waals surface area (Å²) < 4.78 is 11.4. The highest BCUT2D eigenvalue weighted by Crippen LogP contribution is 2.33. The Bertz CT molecular complexity index is 453. The summed E-state index contributed by atoms with van der Waals surface area (Å²) in [6, 6.07) is 7.66. The van der Waals surface area contributed by atoms with Crippen molar-refractivity contribution in [3.63, 3.8) is 0 Å². The minimum Gasteiger partial charge on any atom is -0.464 e. The van der Waals surface area contributed by atoms with Crippen LogP contribution in [0.15, 0.2) is 33.1 Å². The van der Waals surface area contributed by atoms with E-state index in [1.54, 1.807) is 0 Å². The quantitative estimate of drug-likeness (QED) is 0.849. The van der Waals surface area contributed by atoms with Gasteiger partial charge >= 0.3 is 0 Å². The third kappa shape index (κ3) is 2.14. The minimum atomic E-state index is -0.319. The Hall–Kier alpha value is -1.52. The Kier molecular flexibility index (Phi) is 3.09.